The summed E-state index contributed by atoms with van der Waals surface area (Å²) < 4.78 is 10.7. The van der Waals surface area contributed by atoms with E-state index in [9.17, 15) is 5.11 Å². The number of hydrogen-bond donors (Lipinski definition) is 1. The van der Waals surface area contributed by atoms with Crippen LogP contribution in [0.15, 0.2) is 18.2 Å². The normalized spacial score (nSPS) is 25.1. The summed E-state index contributed by atoms with van der Waals surface area (Å²) in [6.45, 7) is 6.87. The minimum Gasteiger partial charge on any atom is -0.504 e. The molecule has 1 aromatic rings. The highest BCUT2D eigenvalue weighted by atomic mass is 16.5. The summed E-state index contributed by atoms with van der Waals surface area (Å²) >= 11 is 0. The summed E-state index contributed by atoms with van der Waals surface area (Å²) in [5.74, 6) is 0.715. The van der Waals surface area contributed by atoms with E-state index in [4.69, 9.17) is 9.47 Å². The molecule has 1 aliphatic heterocycles. The molecule has 0 aliphatic carbocycles. The molecule has 2 rings (SSSR count). The number of nitrogens with zero attached hydrogens (tertiary/aromatic N) is 1. The molecule has 2 atom stereocenters. The van der Waals surface area contributed by atoms with E-state index in [-0.39, 0.29) is 18.0 Å². The van der Waals surface area contributed by atoms with Crippen LogP contribution in [0.2, 0.25) is 0 Å². The van der Waals surface area contributed by atoms with E-state index in [1.54, 1.807) is 19.2 Å². The topological polar surface area (TPSA) is 41.9 Å². The van der Waals surface area contributed by atoms with Crippen molar-refractivity contribution in [3.05, 3.63) is 23.8 Å². The van der Waals surface area contributed by atoms with Crippen LogP contribution >= 0.6 is 0 Å². The van der Waals surface area contributed by atoms with Gasteiger partial charge in [-0.1, -0.05) is 6.07 Å². The maximum absolute atomic E-state index is 9.76. The van der Waals surface area contributed by atoms with Gasteiger partial charge in [-0.25, -0.2) is 0 Å². The monoisotopic (exact) mass is 251 g/mol. The van der Waals surface area contributed by atoms with Gasteiger partial charge in [0.1, 0.15) is 0 Å². The Hall–Kier alpha value is -1.26. The van der Waals surface area contributed by atoms with E-state index in [1.807, 2.05) is 6.07 Å². The summed E-state index contributed by atoms with van der Waals surface area (Å²) in [6.07, 6.45) is 0.529. The molecule has 1 aliphatic rings. The van der Waals surface area contributed by atoms with Gasteiger partial charge in [-0.2, -0.15) is 0 Å². The van der Waals surface area contributed by atoms with Crippen LogP contribution in [0.5, 0.6) is 11.5 Å². The Morgan fingerprint density at radius 3 is 2.56 bits per heavy atom. The van der Waals surface area contributed by atoms with Gasteiger partial charge < -0.3 is 14.6 Å². The standard InChI is InChI=1S/C14H21NO3/c1-10-7-15(8-11(2)18-10)9-12-4-5-14(17-3)13(16)6-12/h4-6,10-11,16H,7-9H2,1-3H3/t10-,11+. The fourth-order valence-corrected chi connectivity index (χ4v) is 2.51. The average molecular weight is 251 g/mol. The number of benzene rings is 1. The first-order valence-electron chi connectivity index (χ1n) is 6.32. The number of hydrogen-bond acceptors (Lipinski definition) is 4. The summed E-state index contributed by atoms with van der Waals surface area (Å²) in [4.78, 5) is 2.35. The zero-order valence-corrected chi connectivity index (χ0v) is 11.2. The van der Waals surface area contributed by atoms with Gasteiger partial charge in [0.15, 0.2) is 11.5 Å². The summed E-state index contributed by atoms with van der Waals surface area (Å²) in [6, 6.07) is 5.56. The van der Waals surface area contributed by atoms with Crippen LogP contribution in [0.3, 0.4) is 0 Å². The zero-order valence-electron chi connectivity index (χ0n) is 11.2. The minimum atomic E-state index is 0.198. The molecule has 0 unspecified atom stereocenters. The van der Waals surface area contributed by atoms with Gasteiger partial charge in [0.25, 0.3) is 0 Å². The lowest BCUT2D eigenvalue weighted by atomic mass is 10.1. The van der Waals surface area contributed by atoms with Gasteiger partial charge in [-0.3, -0.25) is 4.90 Å². The van der Waals surface area contributed by atoms with E-state index in [0.29, 0.717) is 5.75 Å². The number of rotatable bonds is 3. The first-order valence-corrected chi connectivity index (χ1v) is 6.32. The van der Waals surface area contributed by atoms with Crippen molar-refractivity contribution in [1.29, 1.82) is 0 Å². The second-order valence-electron chi connectivity index (χ2n) is 4.96. The second-order valence-corrected chi connectivity index (χ2v) is 4.96. The van der Waals surface area contributed by atoms with Crippen LogP contribution in [0.1, 0.15) is 19.4 Å². The molecule has 0 spiro atoms. The van der Waals surface area contributed by atoms with Crippen molar-refractivity contribution in [3.63, 3.8) is 0 Å². The second kappa shape index (κ2) is 5.59. The predicted molar refractivity (Wildman–Crippen MR) is 69.9 cm³/mol. The Bertz CT molecular complexity index is 398. The minimum absolute atomic E-state index is 0.198. The molecule has 0 radical (unpaired) electrons. The zero-order chi connectivity index (χ0) is 13.1. The number of methoxy groups -OCH3 is 1. The highest BCUT2D eigenvalue weighted by molar-refractivity contribution is 5.41. The predicted octanol–water partition coefficient (Wildman–Crippen LogP) is 2.01. The number of morpholine rings is 1. The van der Waals surface area contributed by atoms with Crippen molar-refractivity contribution in [1.82, 2.24) is 4.90 Å². The lowest BCUT2D eigenvalue weighted by Crippen LogP contribution is -2.44. The lowest BCUT2D eigenvalue weighted by Gasteiger charge is -2.35. The summed E-state index contributed by atoms with van der Waals surface area (Å²) in [5.41, 5.74) is 1.09. The van der Waals surface area contributed by atoms with Gasteiger partial charge in [0, 0.05) is 19.6 Å². The third-order valence-corrected chi connectivity index (χ3v) is 3.14. The number of aromatic hydroxyl groups is 1. The molecule has 1 heterocycles. The Morgan fingerprint density at radius 2 is 2.00 bits per heavy atom. The largest absolute Gasteiger partial charge is 0.504 e. The Labute approximate surface area is 108 Å². The molecule has 4 nitrogen and oxygen atoms in total. The van der Waals surface area contributed by atoms with E-state index < -0.39 is 0 Å². The van der Waals surface area contributed by atoms with E-state index in [1.165, 1.54) is 0 Å². The van der Waals surface area contributed by atoms with Crippen LogP contribution in [0.4, 0.5) is 0 Å². The summed E-state index contributed by atoms with van der Waals surface area (Å²) in [5, 5.41) is 9.76. The van der Waals surface area contributed by atoms with Crippen molar-refractivity contribution >= 4 is 0 Å². The fourth-order valence-electron chi connectivity index (χ4n) is 2.51. The van der Waals surface area contributed by atoms with Crippen LogP contribution in [0, 0.1) is 0 Å². The van der Waals surface area contributed by atoms with Crippen molar-refractivity contribution in [2.24, 2.45) is 0 Å². The lowest BCUT2D eigenvalue weighted by molar-refractivity contribution is -0.0704. The van der Waals surface area contributed by atoms with Gasteiger partial charge in [0.05, 0.1) is 19.3 Å². The third kappa shape index (κ3) is 3.15. The number of ether oxygens (including phenoxy) is 2. The Balaban J connectivity index is 2.02. The average Bonchev–Trinajstić information content (AvgIpc) is 2.27. The molecule has 0 saturated carbocycles. The van der Waals surface area contributed by atoms with Crippen molar-refractivity contribution in [2.45, 2.75) is 32.6 Å². The van der Waals surface area contributed by atoms with Crippen LogP contribution in [0.25, 0.3) is 0 Å². The molecule has 1 saturated heterocycles. The Morgan fingerprint density at radius 1 is 1.33 bits per heavy atom. The van der Waals surface area contributed by atoms with Crippen molar-refractivity contribution in [3.8, 4) is 11.5 Å². The van der Waals surface area contributed by atoms with E-state index in [0.717, 1.165) is 25.2 Å². The molecule has 1 fully saturated rings. The molecule has 4 heteroatoms. The highest BCUT2D eigenvalue weighted by Crippen LogP contribution is 2.27. The van der Waals surface area contributed by atoms with Crippen LogP contribution in [-0.2, 0) is 11.3 Å². The van der Waals surface area contributed by atoms with Gasteiger partial charge in [-0.05, 0) is 31.5 Å². The van der Waals surface area contributed by atoms with E-state index >= 15 is 0 Å². The quantitative estimate of drug-likeness (QED) is 0.892. The molecule has 0 aromatic heterocycles. The number of phenols is 1. The van der Waals surface area contributed by atoms with Gasteiger partial charge in [-0.15, -0.1) is 0 Å². The third-order valence-electron chi connectivity index (χ3n) is 3.14. The van der Waals surface area contributed by atoms with Crippen molar-refractivity contribution in [2.75, 3.05) is 20.2 Å². The molecule has 0 bridgehead atoms. The van der Waals surface area contributed by atoms with Crippen LogP contribution in [-0.4, -0.2) is 42.4 Å². The van der Waals surface area contributed by atoms with Crippen molar-refractivity contribution < 1.29 is 14.6 Å². The smallest absolute Gasteiger partial charge is 0.160 e. The number of phenolic OH excluding ortho intramolecular Hbond substituents is 1. The SMILES string of the molecule is COc1ccc(CN2C[C@@H](C)O[C@@H](C)C2)cc1O. The molecule has 1 N–H and O–H groups in total. The fraction of sp³-hybridized carbons (Fsp3) is 0.571. The first-order chi connectivity index (χ1) is 8.58. The molecular weight excluding hydrogens is 230 g/mol. The molecule has 0 amide bonds. The van der Waals surface area contributed by atoms with Gasteiger partial charge in [0.2, 0.25) is 0 Å². The highest BCUT2D eigenvalue weighted by Gasteiger charge is 2.22. The first kappa shape index (κ1) is 13.2. The molecular formula is C14H21NO3. The maximum atomic E-state index is 9.76. The maximum Gasteiger partial charge on any atom is 0.160 e. The Kier molecular flexibility index (Phi) is 4.09. The molecule has 1 aromatic carbocycles. The van der Waals surface area contributed by atoms with Crippen LogP contribution < -0.4 is 4.74 Å². The van der Waals surface area contributed by atoms with Gasteiger partial charge >= 0.3 is 0 Å². The summed E-state index contributed by atoms with van der Waals surface area (Å²) in [7, 11) is 1.56. The van der Waals surface area contributed by atoms with E-state index in [2.05, 4.69) is 18.7 Å². The molecule has 18 heavy (non-hydrogen) atoms. The molecule has 100 valence electrons.